The van der Waals surface area contributed by atoms with Gasteiger partial charge in [0.15, 0.2) is 6.61 Å². The van der Waals surface area contributed by atoms with Crippen molar-refractivity contribution in [3.05, 3.63) is 64.5 Å². The van der Waals surface area contributed by atoms with Crippen molar-refractivity contribution in [2.75, 3.05) is 0 Å². The van der Waals surface area contributed by atoms with Crippen LogP contribution in [0.25, 0.3) is 22.9 Å². The molecule has 2 aromatic carbocycles. The SMILES string of the molecule is Clc1ccc(-c2nnc(COc3nnc(-c4ccccc4)o3)o2)c(Cl)c1. The van der Waals surface area contributed by atoms with Crippen LogP contribution in [-0.4, -0.2) is 20.4 Å². The van der Waals surface area contributed by atoms with E-state index in [1.165, 1.54) is 0 Å². The topological polar surface area (TPSA) is 87.1 Å². The van der Waals surface area contributed by atoms with E-state index in [1.807, 2.05) is 30.3 Å². The number of nitrogens with zero attached hydrogens (tertiary/aromatic N) is 4. The average molecular weight is 389 g/mol. The van der Waals surface area contributed by atoms with E-state index in [0.717, 1.165) is 5.56 Å². The molecule has 2 aromatic heterocycles. The summed E-state index contributed by atoms with van der Waals surface area (Å²) in [7, 11) is 0. The summed E-state index contributed by atoms with van der Waals surface area (Å²) in [5.74, 6) is 0.867. The minimum Gasteiger partial charge on any atom is -0.439 e. The standard InChI is InChI=1S/C17H10Cl2N4O3/c18-11-6-7-12(13(19)8-11)16-22-20-14(25-16)9-24-17-23-21-15(26-17)10-4-2-1-3-5-10/h1-8H,9H2. The zero-order valence-corrected chi connectivity index (χ0v) is 14.6. The number of hydrogen-bond acceptors (Lipinski definition) is 7. The maximum Gasteiger partial charge on any atom is 0.415 e. The summed E-state index contributed by atoms with van der Waals surface area (Å²) in [6, 6.07) is 14.4. The summed E-state index contributed by atoms with van der Waals surface area (Å²) < 4.78 is 16.4. The van der Waals surface area contributed by atoms with Crippen molar-refractivity contribution >= 4 is 23.2 Å². The fourth-order valence-corrected chi connectivity index (χ4v) is 2.66. The van der Waals surface area contributed by atoms with Crippen LogP contribution in [0.5, 0.6) is 6.08 Å². The van der Waals surface area contributed by atoms with Crippen LogP contribution in [-0.2, 0) is 6.61 Å². The highest BCUT2D eigenvalue weighted by atomic mass is 35.5. The summed E-state index contributed by atoms with van der Waals surface area (Å²) in [5, 5.41) is 16.6. The van der Waals surface area contributed by atoms with E-state index in [2.05, 4.69) is 20.4 Å². The Balaban J connectivity index is 1.45. The predicted octanol–water partition coefficient (Wildman–Crippen LogP) is 4.67. The largest absolute Gasteiger partial charge is 0.439 e. The highest BCUT2D eigenvalue weighted by Gasteiger charge is 2.14. The van der Waals surface area contributed by atoms with E-state index in [0.29, 0.717) is 21.5 Å². The third kappa shape index (κ3) is 3.54. The Morgan fingerprint density at radius 2 is 1.65 bits per heavy atom. The Morgan fingerprint density at radius 3 is 2.46 bits per heavy atom. The van der Waals surface area contributed by atoms with Gasteiger partial charge in [-0.25, -0.2) is 0 Å². The van der Waals surface area contributed by atoms with Crippen LogP contribution in [0.2, 0.25) is 10.0 Å². The molecule has 4 rings (SSSR count). The van der Waals surface area contributed by atoms with Crippen molar-refractivity contribution in [2.24, 2.45) is 0 Å². The third-order valence-electron chi connectivity index (χ3n) is 3.37. The van der Waals surface area contributed by atoms with Crippen molar-refractivity contribution in [3.8, 4) is 29.0 Å². The van der Waals surface area contributed by atoms with Crippen LogP contribution in [0, 0.1) is 0 Å². The second kappa shape index (κ2) is 7.15. The first-order chi connectivity index (χ1) is 12.7. The quantitative estimate of drug-likeness (QED) is 0.490. The van der Waals surface area contributed by atoms with Gasteiger partial charge in [0.1, 0.15) is 0 Å². The summed E-state index contributed by atoms with van der Waals surface area (Å²) in [4.78, 5) is 0. The fourth-order valence-electron chi connectivity index (χ4n) is 2.17. The van der Waals surface area contributed by atoms with E-state index in [-0.39, 0.29) is 24.5 Å². The Bertz CT molecular complexity index is 1030. The molecule has 0 bridgehead atoms. The van der Waals surface area contributed by atoms with Crippen LogP contribution in [0.4, 0.5) is 0 Å². The Hall–Kier alpha value is -2.90. The molecule has 0 radical (unpaired) electrons. The lowest BCUT2D eigenvalue weighted by atomic mass is 10.2. The van der Waals surface area contributed by atoms with E-state index in [9.17, 15) is 0 Å². The smallest absolute Gasteiger partial charge is 0.415 e. The Labute approximate surface area is 157 Å². The molecule has 0 aliphatic carbocycles. The van der Waals surface area contributed by atoms with Crippen molar-refractivity contribution in [3.63, 3.8) is 0 Å². The maximum atomic E-state index is 6.13. The molecule has 7 nitrogen and oxygen atoms in total. The molecule has 130 valence electrons. The highest BCUT2D eigenvalue weighted by Crippen LogP contribution is 2.29. The Kier molecular flexibility index (Phi) is 4.55. The van der Waals surface area contributed by atoms with Gasteiger partial charge < -0.3 is 13.6 Å². The second-order valence-corrected chi connectivity index (χ2v) is 6.00. The van der Waals surface area contributed by atoms with Crippen LogP contribution >= 0.6 is 23.2 Å². The first-order valence-electron chi connectivity index (χ1n) is 7.48. The average Bonchev–Trinajstić information content (AvgIpc) is 3.30. The van der Waals surface area contributed by atoms with Crippen molar-refractivity contribution in [1.82, 2.24) is 20.4 Å². The number of ether oxygens (including phenoxy) is 1. The van der Waals surface area contributed by atoms with Crippen LogP contribution in [0.15, 0.2) is 57.4 Å². The normalized spacial score (nSPS) is 10.8. The lowest BCUT2D eigenvalue weighted by Crippen LogP contribution is -1.95. The Morgan fingerprint density at radius 1 is 0.846 bits per heavy atom. The minimum atomic E-state index is -0.0192. The van der Waals surface area contributed by atoms with Gasteiger partial charge in [-0.3, -0.25) is 0 Å². The third-order valence-corrected chi connectivity index (χ3v) is 3.92. The first-order valence-corrected chi connectivity index (χ1v) is 8.24. The molecule has 4 aromatic rings. The van der Waals surface area contributed by atoms with Crippen molar-refractivity contribution < 1.29 is 13.6 Å². The molecule has 0 unspecified atom stereocenters. The first kappa shape index (κ1) is 16.6. The summed E-state index contributed by atoms with van der Waals surface area (Å²) in [6.45, 7) is -0.0192. The van der Waals surface area contributed by atoms with Crippen LogP contribution < -0.4 is 4.74 Å². The molecule has 26 heavy (non-hydrogen) atoms. The van der Waals surface area contributed by atoms with Crippen LogP contribution in [0.1, 0.15) is 5.89 Å². The van der Waals surface area contributed by atoms with Gasteiger partial charge in [-0.15, -0.1) is 15.3 Å². The van der Waals surface area contributed by atoms with Gasteiger partial charge in [0, 0.05) is 10.6 Å². The highest BCUT2D eigenvalue weighted by molar-refractivity contribution is 6.36. The maximum absolute atomic E-state index is 6.13. The molecule has 0 saturated heterocycles. The molecule has 0 aliphatic heterocycles. The molecule has 0 fully saturated rings. The van der Waals surface area contributed by atoms with E-state index < -0.39 is 0 Å². The number of rotatable bonds is 5. The molecule has 0 saturated carbocycles. The zero-order chi connectivity index (χ0) is 17.9. The number of hydrogen-bond donors (Lipinski definition) is 0. The predicted molar refractivity (Wildman–Crippen MR) is 93.8 cm³/mol. The van der Waals surface area contributed by atoms with E-state index in [1.54, 1.807) is 18.2 Å². The molecule has 2 heterocycles. The van der Waals surface area contributed by atoms with Gasteiger partial charge in [-0.1, -0.05) is 46.5 Å². The van der Waals surface area contributed by atoms with Crippen LogP contribution in [0.3, 0.4) is 0 Å². The molecular weight excluding hydrogens is 379 g/mol. The monoisotopic (exact) mass is 388 g/mol. The van der Waals surface area contributed by atoms with Crippen molar-refractivity contribution in [1.29, 1.82) is 0 Å². The number of aromatic nitrogens is 4. The molecular formula is C17H10Cl2N4O3. The zero-order valence-electron chi connectivity index (χ0n) is 13.1. The second-order valence-electron chi connectivity index (χ2n) is 5.15. The van der Waals surface area contributed by atoms with E-state index >= 15 is 0 Å². The molecule has 0 aliphatic rings. The van der Waals surface area contributed by atoms with Gasteiger partial charge in [0.2, 0.25) is 5.89 Å². The van der Waals surface area contributed by atoms with Gasteiger partial charge >= 0.3 is 6.08 Å². The minimum absolute atomic E-state index is 0.00753. The van der Waals surface area contributed by atoms with Gasteiger partial charge in [-0.05, 0) is 30.3 Å². The van der Waals surface area contributed by atoms with Gasteiger partial charge in [-0.2, -0.15) is 0 Å². The molecule has 0 spiro atoms. The van der Waals surface area contributed by atoms with Gasteiger partial charge in [0.05, 0.1) is 10.6 Å². The lowest BCUT2D eigenvalue weighted by molar-refractivity contribution is 0.198. The molecule has 0 atom stereocenters. The van der Waals surface area contributed by atoms with E-state index in [4.69, 9.17) is 36.8 Å². The number of benzene rings is 2. The number of halogens is 2. The lowest BCUT2D eigenvalue weighted by Gasteiger charge is -1.99. The molecule has 0 N–H and O–H groups in total. The summed E-state index contributed by atoms with van der Waals surface area (Å²) >= 11 is 12.0. The fraction of sp³-hybridized carbons (Fsp3) is 0.0588. The summed E-state index contributed by atoms with van der Waals surface area (Å²) in [5.41, 5.74) is 1.38. The van der Waals surface area contributed by atoms with Gasteiger partial charge in [0.25, 0.3) is 11.8 Å². The van der Waals surface area contributed by atoms with Crippen molar-refractivity contribution in [2.45, 2.75) is 6.61 Å². The summed E-state index contributed by atoms with van der Waals surface area (Å²) in [6.07, 6.45) is 0.00753. The molecule has 0 amide bonds. The molecule has 9 heteroatoms.